The van der Waals surface area contributed by atoms with Crippen molar-refractivity contribution in [1.82, 2.24) is 9.97 Å². The molecular formula is C22H30F3N3O4. The molecule has 0 aliphatic heterocycles. The van der Waals surface area contributed by atoms with Crippen LogP contribution in [0.5, 0.6) is 11.5 Å². The van der Waals surface area contributed by atoms with Gasteiger partial charge in [-0.05, 0) is 18.9 Å². The Labute approximate surface area is 185 Å². The molecule has 2 N–H and O–H groups in total. The zero-order valence-corrected chi connectivity index (χ0v) is 18.4. The molecule has 0 spiro atoms. The Kier molecular flexibility index (Phi) is 9.80. The van der Waals surface area contributed by atoms with Gasteiger partial charge in [0.1, 0.15) is 5.82 Å². The number of rotatable bonds is 14. The van der Waals surface area contributed by atoms with Crippen LogP contribution in [0.1, 0.15) is 63.6 Å². The summed E-state index contributed by atoms with van der Waals surface area (Å²) in [4.78, 5) is 17.8. The first-order valence-corrected chi connectivity index (χ1v) is 10.7. The van der Waals surface area contributed by atoms with Gasteiger partial charge < -0.3 is 19.9 Å². The SMILES string of the molecule is COc1cc2nc(C(F)(F)F)nc(NCCCCCCCCCCC(=O)O)c2cc1OC. The van der Waals surface area contributed by atoms with Gasteiger partial charge in [-0.3, -0.25) is 4.79 Å². The molecule has 10 heteroatoms. The second kappa shape index (κ2) is 12.3. The molecule has 0 radical (unpaired) electrons. The highest BCUT2D eigenvalue weighted by molar-refractivity contribution is 5.91. The van der Waals surface area contributed by atoms with E-state index in [1.807, 2.05) is 0 Å². The smallest absolute Gasteiger partial charge is 0.451 e. The highest BCUT2D eigenvalue weighted by Gasteiger charge is 2.35. The molecule has 1 aromatic heterocycles. The normalized spacial score (nSPS) is 11.5. The average Bonchev–Trinajstić information content (AvgIpc) is 2.75. The number of anilines is 1. The quantitative estimate of drug-likeness (QED) is 0.353. The van der Waals surface area contributed by atoms with E-state index in [4.69, 9.17) is 14.6 Å². The molecular weight excluding hydrogens is 427 g/mol. The maximum absolute atomic E-state index is 13.3. The van der Waals surface area contributed by atoms with Crippen LogP contribution >= 0.6 is 0 Å². The Bertz CT molecular complexity index is 891. The number of nitrogens with zero attached hydrogens (tertiary/aromatic N) is 2. The monoisotopic (exact) mass is 457 g/mol. The maximum Gasteiger partial charge on any atom is 0.451 e. The first kappa shape index (κ1) is 25.5. The van der Waals surface area contributed by atoms with Crippen molar-refractivity contribution in [3.8, 4) is 11.5 Å². The van der Waals surface area contributed by atoms with Gasteiger partial charge in [-0.15, -0.1) is 0 Å². The van der Waals surface area contributed by atoms with Crippen LogP contribution in [0.3, 0.4) is 0 Å². The number of ether oxygens (including phenoxy) is 2. The highest BCUT2D eigenvalue weighted by Crippen LogP contribution is 2.36. The minimum Gasteiger partial charge on any atom is -0.493 e. The summed E-state index contributed by atoms with van der Waals surface area (Å²) in [6.45, 7) is 0.483. The van der Waals surface area contributed by atoms with Gasteiger partial charge in [0, 0.05) is 24.4 Å². The molecule has 0 atom stereocenters. The van der Waals surface area contributed by atoms with Gasteiger partial charge in [0.05, 0.1) is 19.7 Å². The second-order valence-corrected chi connectivity index (χ2v) is 7.52. The van der Waals surface area contributed by atoms with Gasteiger partial charge in [-0.2, -0.15) is 13.2 Å². The number of aliphatic carboxylic acids is 1. The number of fused-ring (bicyclic) bond motifs is 1. The lowest BCUT2D eigenvalue weighted by Gasteiger charge is -2.14. The molecule has 0 unspecified atom stereocenters. The Morgan fingerprint density at radius 1 is 0.938 bits per heavy atom. The number of hydrogen-bond donors (Lipinski definition) is 2. The first-order chi connectivity index (χ1) is 15.3. The molecule has 1 aromatic carbocycles. The molecule has 2 rings (SSSR count). The van der Waals surface area contributed by atoms with Crippen molar-refractivity contribution in [2.45, 2.75) is 64.0 Å². The number of alkyl halides is 3. The number of hydrogen-bond acceptors (Lipinski definition) is 6. The van der Waals surface area contributed by atoms with Crippen molar-refractivity contribution in [3.05, 3.63) is 18.0 Å². The van der Waals surface area contributed by atoms with Crippen molar-refractivity contribution >= 4 is 22.7 Å². The highest BCUT2D eigenvalue weighted by atomic mass is 19.4. The van der Waals surface area contributed by atoms with Gasteiger partial charge in [-0.25, -0.2) is 9.97 Å². The van der Waals surface area contributed by atoms with E-state index < -0.39 is 18.0 Å². The standard InChI is InChI=1S/C22H30F3N3O4/c1-31-17-13-15-16(14-18(17)32-2)27-21(22(23,24)25)28-20(15)26-12-10-8-6-4-3-5-7-9-11-19(29)30/h13-14H,3-12H2,1-2H3,(H,29,30)(H,26,27,28). The molecule has 0 bridgehead atoms. The Hall–Kier alpha value is -2.78. The summed E-state index contributed by atoms with van der Waals surface area (Å²) in [6.07, 6.45) is 3.06. The molecule has 0 saturated heterocycles. The molecule has 0 amide bonds. The van der Waals surface area contributed by atoms with Crippen molar-refractivity contribution in [2.75, 3.05) is 26.1 Å². The molecule has 2 aromatic rings. The fourth-order valence-electron chi connectivity index (χ4n) is 3.39. The minimum atomic E-state index is -4.66. The summed E-state index contributed by atoms with van der Waals surface area (Å²) in [5.41, 5.74) is 0.121. The van der Waals surface area contributed by atoms with E-state index in [0.29, 0.717) is 29.9 Å². The lowest BCUT2D eigenvalue weighted by atomic mass is 10.1. The number of carboxylic acids is 1. The van der Waals surface area contributed by atoms with Gasteiger partial charge in [0.15, 0.2) is 11.5 Å². The Balaban J connectivity index is 1.91. The fourth-order valence-corrected chi connectivity index (χ4v) is 3.39. The van der Waals surface area contributed by atoms with E-state index >= 15 is 0 Å². The third-order valence-corrected chi connectivity index (χ3v) is 5.06. The number of carbonyl (C=O) groups is 1. The van der Waals surface area contributed by atoms with Crippen LogP contribution in [-0.4, -0.2) is 41.8 Å². The third kappa shape index (κ3) is 7.72. The number of aromatic nitrogens is 2. The number of unbranched alkanes of at least 4 members (excludes halogenated alkanes) is 7. The number of nitrogens with one attached hydrogen (secondary N) is 1. The molecule has 1 heterocycles. The number of halogens is 3. The van der Waals surface area contributed by atoms with E-state index in [1.54, 1.807) is 6.07 Å². The van der Waals surface area contributed by atoms with Crippen LogP contribution in [0.2, 0.25) is 0 Å². The molecule has 7 nitrogen and oxygen atoms in total. The largest absolute Gasteiger partial charge is 0.493 e. The van der Waals surface area contributed by atoms with Crippen molar-refractivity contribution < 1.29 is 32.5 Å². The lowest BCUT2D eigenvalue weighted by molar-refractivity contribution is -0.144. The predicted octanol–water partition coefficient (Wildman–Crippen LogP) is 5.67. The predicted molar refractivity (Wildman–Crippen MR) is 115 cm³/mol. The van der Waals surface area contributed by atoms with Crippen LogP contribution in [0.15, 0.2) is 12.1 Å². The zero-order valence-electron chi connectivity index (χ0n) is 18.4. The van der Waals surface area contributed by atoms with Crippen molar-refractivity contribution in [1.29, 1.82) is 0 Å². The second-order valence-electron chi connectivity index (χ2n) is 7.52. The molecule has 0 saturated carbocycles. The fraction of sp³-hybridized carbons (Fsp3) is 0.591. The summed E-state index contributed by atoms with van der Waals surface area (Å²) in [5, 5.41) is 12.0. The molecule has 178 valence electrons. The van der Waals surface area contributed by atoms with E-state index in [0.717, 1.165) is 44.9 Å². The molecule has 32 heavy (non-hydrogen) atoms. The Morgan fingerprint density at radius 2 is 1.50 bits per heavy atom. The van der Waals surface area contributed by atoms with Crippen molar-refractivity contribution in [3.63, 3.8) is 0 Å². The minimum absolute atomic E-state index is 0.113. The van der Waals surface area contributed by atoms with Gasteiger partial charge in [-0.1, -0.05) is 38.5 Å². The van der Waals surface area contributed by atoms with Crippen LogP contribution in [0.4, 0.5) is 19.0 Å². The maximum atomic E-state index is 13.3. The average molecular weight is 457 g/mol. The van der Waals surface area contributed by atoms with Crippen LogP contribution in [-0.2, 0) is 11.0 Å². The van der Waals surface area contributed by atoms with Gasteiger partial charge in [0.25, 0.3) is 0 Å². The molecule has 0 aliphatic carbocycles. The van der Waals surface area contributed by atoms with E-state index in [9.17, 15) is 18.0 Å². The number of carboxylic acid groups (broad SMARTS) is 1. The van der Waals surface area contributed by atoms with E-state index in [1.165, 1.54) is 20.3 Å². The first-order valence-electron chi connectivity index (χ1n) is 10.7. The summed E-state index contributed by atoms with van der Waals surface area (Å²) in [7, 11) is 2.86. The van der Waals surface area contributed by atoms with Crippen molar-refractivity contribution in [2.24, 2.45) is 0 Å². The zero-order chi connectivity index (χ0) is 23.6. The molecule has 0 fully saturated rings. The van der Waals surface area contributed by atoms with E-state index in [-0.39, 0.29) is 17.8 Å². The summed E-state index contributed by atoms with van der Waals surface area (Å²) in [6, 6.07) is 2.98. The van der Waals surface area contributed by atoms with Gasteiger partial charge in [0.2, 0.25) is 5.82 Å². The van der Waals surface area contributed by atoms with Crippen LogP contribution in [0, 0.1) is 0 Å². The summed E-state index contributed by atoms with van der Waals surface area (Å²) >= 11 is 0. The molecule has 0 aliphatic rings. The van der Waals surface area contributed by atoms with E-state index in [2.05, 4.69) is 15.3 Å². The topological polar surface area (TPSA) is 93.6 Å². The van der Waals surface area contributed by atoms with Crippen LogP contribution in [0.25, 0.3) is 10.9 Å². The summed E-state index contributed by atoms with van der Waals surface area (Å²) in [5.74, 6) is -1.17. The number of benzene rings is 1. The van der Waals surface area contributed by atoms with Gasteiger partial charge >= 0.3 is 12.1 Å². The Morgan fingerprint density at radius 3 is 2.06 bits per heavy atom. The lowest BCUT2D eigenvalue weighted by Crippen LogP contribution is -2.14. The number of methoxy groups -OCH3 is 2. The third-order valence-electron chi connectivity index (χ3n) is 5.06. The van der Waals surface area contributed by atoms with Crippen LogP contribution < -0.4 is 14.8 Å². The summed E-state index contributed by atoms with van der Waals surface area (Å²) < 4.78 is 50.2.